The van der Waals surface area contributed by atoms with Gasteiger partial charge in [-0.3, -0.25) is 4.72 Å². The van der Waals surface area contributed by atoms with Crippen LogP contribution in [0.25, 0.3) is 11.4 Å². The zero-order valence-corrected chi connectivity index (χ0v) is 27.2. The van der Waals surface area contributed by atoms with Crippen molar-refractivity contribution in [3.8, 4) is 11.4 Å². The van der Waals surface area contributed by atoms with Crippen molar-refractivity contribution in [3.63, 3.8) is 0 Å². The van der Waals surface area contributed by atoms with Crippen LogP contribution in [0.5, 0.6) is 0 Å². The lowest BCUT2D eigenvalue weighted by Crippen LogP contribution is -2.27. The summed E-state index contributed by atoms with van der Waals surface area (Å²) in [6, 6.07) is 20.8. The molecular weight excluding hydrogens is 602 g/mol. The number of aromatic carboxylic acids is 1. The van der Waals surface area contributed by atoms with E-state index in [-0.39, 0.29) is 28.2 Å². The van der Waals surface area contributed by atoms with Gasteiger partial charge in [-0.25, -0.2) is 23.2 Å². The van der Waals surface area contributed by atoms with E-state index in [1.165, 1.54) is 34.2 Å². The Balaban J connectivity index is 1.38. The summed E-state index contributed by atoms with van der Waals surface area (Å²) in [7, 11) is -3.66. The molecule has 46 heavy (non-hydrogen) atoms. The number of rotatable bonds is 9. The summed E-state index contributed by atoms with van der Waals surface area (Å²) in [5.74, 6) is -0.629. The molecule has 0 radical (unpaired) electrons. The fourth-order valence-corrected chi connectivity index (χ4v) is 6.91. The lowest BCUT2D eigenvalue weighted by Gasteiger charge is -2.31. The van der Waals surface area contributed by atoms with E-state index in [4.69, 9.17) is 15.1 Å². The zero-order valence-electron chi connectivity index (χ0n) is 26.4. The first kappa shape index (κ1) is 31.2. The number of carboxylic acid groups (broad SMARTS) is 1. The van der Waals surface area contributed by atoms with E-state index in [2.05, 4.69) is 39.0 Å². The lowest BCUT2D eigenvalue weighted by atomic mass is 9.87. The van der Waals surface area contributed by atoms with Crippen LogP contribution in [0.15, 0.2) is 76.8 Å². The highest BCUT2D eigenvalue weighted by Gasteiger charge is 2.35. The normalized spacial score (nSPS) is 15.4. The molecule has 2 N–H and O–H groups in total. The van der Waals surface area contributed by atoms with Crippen LogP contribution in [0.4, 0.5) is 22.7 Å². The Bertz CT molecular complexity index is 1980. The van der Waals surface area contributed by atoms with E-state index in [1.807, 2.05) is 52.0 Å². The summed E-state index contributed by atoms with van der Waals surface area (Å²) in [6.07, 6.45) is 3.18. The molecule has 0 saturated carbocycles. The molecule has 0 atom stereocenters. The number of benzene rings is 3. The summed E-state index contributed by atoms with van der Waals surface area (Å²) >= 11 is 0. The minimum atomic E-state index is -3.66. The first-order valence-corrected chi connectivity index (χ1v) is 17.1. The molecule has 2 aliphatic heterocycles. The van der Waals surface area contributed by atoms with E-state index in [0.717, 1.165) is 36.5 Å². The number of aromatic nitrogens is 3. The quantitative estimate of drug-likeness (QED) is 0.209. The predicted octanol–water partition coefficient (Wildman–Crippen LogP) is 6.65. The Kier molecular flexibility index (Phi) is 8.24. The molecule has 0 spiro atoms. The Morgan fingerprint density at radius 3 is 2.57 bits per heavy atom. The molecule has 0 fully saturated rings. The van der Waals surface area contributed by atoms with Crippen LogP contribution in [0.3, 0.4) is 0 Å². The highest BCUT2D eigenvalue weighted by Crippen LogP contribution is 2.36. The number of unbranched alkanes of at least 4 members (excludes halogenated alkanes) is 1. The summed E-state index contributed by atoms with van der Waals surface area (Å²) in [4.78, 5) is 25.5. The van der Waals surface area contributed by atoms with Gasteiger partial charge in [-0.05, 0) is 73.4 Å². The Morgan fingerprint density at radius 1 is 1.07 bits per heavy atom. The highest BCUT2D eigenvalue weighted by molar-refractivity contribution is 7.92. The molecule has 0 saturated heterocycles. The van der Waals surface area contributed by atoms with Crippen LogP contribution >= 0.6 is 0 Å². The summed E-state index contributed by atoms with van der Waals surface area (Å²) < 4.78 is 27.7. The van der Waals surface area contributed by atoms with Crippen molar-refractivity contribution in [3.05, 3.63) is 83.7 Å². The number of hydrogen-bond acceptors (Lipinski definition) is 8. The van der Waals surface area contributed by atoms with Gasteiger partial charge in [0.1, 0.15) is 5.71 Å². The standard InChI is InChI=1S/C34H37N7O4S/c1-5-6-17-46(44,45)39-26-20-23(18-24(21-26)33(42)43)31-36-32-29(30(34(2,3)4)37-41(32)38-31)35-25-14-15-28-22(19-25)11-10-16-40(28)27-12-8-7-9-13-27/h7-9,12-15,18-21,39H,5-6,10-11,16-17H2,1-4H3,(H,42,43). The molecule has 11 nitrogen and oxygen atoms in total. The number of nitrogens with one attached hydrogen (secondary N) is 1. The van der Waals surface area contributed by atoms with Gasteiger partial charge in [0.15, 0.2) is 5.82 Å². The van der Waals surface area contributed by atoms with Gasteiger partial charge in [0.05, 0.1) is 28.4 Å². The number of fused-ring (bicyclic) bond motifs is 2. The van der Waals surface area contributed by atoms with E-state index in [9.17, 15) is 18.3 Å². The third kappa shape index (κ3) is 6.43. The Morgan fingerprint density at radius 2 is 1.85 bits per heavy atom. The molecule has 3 aromatic carbocycles. The number of carboxylic acids is 1. The van der Waals surface area contributed by atoms with Gasteiger partial charge in [-0.2, -0.15) is 5.10 Å². The Hall–Kier alpha value is -4.84. The number of carbonyl (C=O) groups is 1. The van der Waals surface area contributed by atoms with Gasteiger partial charge < -0.3 is 10.0 Å². The second kappa shape index (κ2) is 12.2. The van der Waals surface area contributed by atoms with Crippen molar-refractivity contribution in [2.24, 2.45) is 15.5 Å². The predicted molar refractivity (Wildman–Crippen MR) is 181 cm³/mol. The highest BCUT2D eigenvalue weighted by atomic mass is 32.2. The molecule has 3 heterocycles. The second-order valence-corrected chi connectivity index (χ2v) is 14.4. The van der Waals surface area contributed by atoms with Crippen LogP contribution in [-0.2, 0) is 16.4 Å². The van der Waals surface area contributed by atoms with Gasteiger partial charge in [-0.15, -0.1) is 9.89 Å². The second-order valence-electron chi connectivity index (χ2n) is 12.6. The van der Waals surface area contributed by atoms with Crippen LogP contribution in [0.2, 0.25) is 0 Å². The van der Waals surface area contributed by atoms with Crippen molar-refractivity contribution in [1.29, 1.82) is 0 Å². The smallest absolute Gasteiger partial charge is 0.335 e. The number of para-hydroxylation sites is 1. The van der Waals surface area contributed by atoms with Crippen LogP contribution in [0, 0.1) is 5.41 Å². The topological polar surface area (TPSA) is 142 Å². The molecule has 0 bridgehead atoms. The molecule has 4 aromatic rings. The summed E-state index contributed by atoms with van der Waals surface area (Å²) in [6.45, 7) is 8.99. The average molecular weight is 640 g/mol. The van der Waals surface area contributed by atoms with Gasteiger partial charge in [0, 0.05) is 28.9 Å². The first-order chi connectivity index (χ1) is 21.9. The van der Waals surface area contributed by atoms with E-state index < -0.39 is 16.0 Å². The van der Waals surface area contributed by atoms with E-state index in [1.54, 1.807) is 0 Å². The van der Waals surface area contributed by atoms with Crippen LogP contribution in [0.1, 0.15) is 68.7 Å². The van der Waals surface area contributed by atoms with Crippen LogP contribution < -0.4 is 9.62 Å². The molecule has 238 valence electrons. The number of hydrogen-bond donors (Lipinski definition) is 2. The SMILES string of the molecule is CCCCS(=O)(=O)Nc1cc(C(=O)O)cc(-c2nc3n(n2)N=C(C(C)(C)C)C3=Nc2ccc3c(c2)CCCN3c2ccccc2)c1. The van der Waals surface area contributed by atoms with Crippen LogP contribution in [-0.4, -0.2) is 58.1 Å². The molecule has 0 unspecified atom stereocenters. The Labute approximate surface area is 268 Å². The number of aryl methyl sites for hydroxylation is 1. The zero-order chi connectivity index (χ0) is 32.6. The molecule has 12 heteroatoms. The number of aliphatic imine (C=N–C) groups is 1. The van der Waals surface area contributed by atoms with Gasteiger partial charge in [0.25, 0.3) is 0 Å². The van der Waals surface area contributed by atoms with Crippen molar-refractivity contribution in [2.75, 3.05) is 21.9 Å². The maximum Gasteiger partial charge on any atom is 0.335 e. The lowest BCUT2D eigenvalue weighted by molar-refractivity contribution is 0.0697. The van der Waals surface area contributed by atoms with Crippen molar-refractivity contribution in [2.45, 2.75) is 53.4 Å². The van der Waals surface area contributed by atoms with E-state index >= 15 is 0 Å². The number of anilines is 3. The fourth-order valence-electron chi connectivity index (χ4n) is 5.66. The molecule has 0 amide bonds. The molecule has 6 rings (SSSR count). The summed E-state index contributed by atoms with van der Waals surface area (Å²) in [5, 5.41) is 19.1. The van der Waals surface area contributed by atoms with Gasteiger partial charge in [0.2, 0.25) is 15.8 Å². The maximum absolute atomic E-state index is 12.6. The van der Waals surface area contributed by atoms with Gasteiger partial charge in [-0.1, -0.05) is 52.3 Å². The number of sulfonamides is 1. The first-order valence-electron chi connectivity index (χ1n) is 15.4. The molecule has 0 aliphatic carbocycles. The minimum Gasteiger partial charge on any atom is -0.478 e. The minimum absolute atomic E-state index is 0.0652. The fraction of sp³-hybridized carbons (Fsp3) is 0.324. The number of nitrogens with zero attached hydrogens (tertiary/aromatic N) is 6. The van der Waals surface area contributed by atoms with Crippen molar-refractivity contribution >= 4 is 50.2 Å². The van der Waals surface area contributed by atoms with Crippen molar-refractivity contribution < 1.29 is 18.3 Å². The maximum atomic E-state index is 12.6. The molecule has 1 aromatic heterocycles. The van der Waals surface area contributed by atoms with Gasteiger partial charge >= 0.3 is 5.97 Å². The van der Waals surface area contributed by atoms with E-state index in [0.29, 0.717) is 29.9 Å². The molecular formula is C34H37N7O4S. The third-order valence-corrected chi connectivity index (χ3v) is 9.27. The monoisotopic (exact) mass is 639 g/mol. The molecule has 2 aliphatic rings. The largest absolute Gasteiger partial charge is 0.478 e. The van der Waals surface area contributed by atoms with Crippen molar-refractivity contribution in [1.82, 2.24) is 14.9 Å². The third-order valence-electron chi connectivity index (χ3n) is 7.90. The summed E-state index contributed by atoms with van der Waals surface area (Å²) in [5.41, 5.74) is 5.63. The average Bonchev–Trinajstić information content (AvgIpc) is 3.59.